The van der Waals surface area contributed by atoms with Crippen LogP contribution in [0.25, 0.3) is 0 Å². The summed E-state index contributed by atoms with van der Waals surface area (Å²) in [6, 6.07) is 0. The topological polar surface area (TPSA) is 6.48 Å². The normalized spacial score (nSPS) is 21.4. The van der Waals surface area contributed by atoms with Gasteiger partial charge in [0.2, 0.25) is 0 Å². The van der Waals surface area contributed by atoms with Crippen molar-refractivity contribution in [3.05, 3.63) is 11.6 Å². The molecule has 0 atom stereocenters. The molecule has 1 fully saturated rings. The number of rotatable bonds is 4. The average Bonchev–Trinajstić information content (AvgIpc) is 2.17. The third-order valence-corrected chi connectivity index (χ3v) is 2.85. The molecule has 1 aliphatic rings. The predicted molar refractivity (Wildman–Crippen MR) is 61.7 cm³/mol. The highest BCUT2D eigenvalue weighted by Gasteiger charge is 2.14. The zero-order valence-electron chi connectivity index (χ0n) is 7.75. The first-order valence-corrected chi connectivity index (χ1v) is 6.18. The van der Waals surface area contributed by atoms with Crippen LogP contribution in [0.5, 0.6) is 0 Å². The van der Waals surface area contributed by atoms with E-state index >= 15 is 0 Å². The Morgan fingerprint density at radius 2 is 1.77 bits per heavy atom. The fourth-order valence-electron chi connectivity index (χ4n) is 1.50. The molecule has 0 radical (unpaired) electrons. The van der Waals surface area contributed by atoms with Crippen molar-refractivity contribution in [2.24, 2.45) is 0 Å². The summed E-state index contributed by atoms with van der Waals surface area (Å²) < 4.78 is 0. The minimum Gasteiger partial charge on any atom is -0.300 e. The molecular weight excluding hydrogens is 251 g/mol. The van der Waals surface area contributed by atoms with Crippen LogP contribution in [0.2, 0.25) is 0 Å². The summed E-state index contributed by atoms with van der Waals surface area (Å²) in [5.41, 5.74) is 1.60. The minimum atomic E-state index is 0.992. The van der Waals surface area contributed by atoms with Gasteiger partial charge in [-0.2, -0.15) is 0 Å². The number of alkyl halides is 1. The standard InChI is InChI=1S/C9H16BrClN2/c10-2-5-13-8-6-12(7-9-13)4-1-3-11/h1,3H,2,4-9H2/b3-1+. The van der Waals surface area contributed by atoms with Crippen molar-refractivity contribution in [2.45, 2.75) is 0 Å². The Bertz CT molecular complexity index is 156. The minimum absolute atomic E-state index is 0.992. The van der Waals surface area contributed by atoms with Gasteiger partial charge in [-0.05, 0) is 0 Å². The number of halogens is 2. The lowest BCUT2D eigenvalue weighted by Gasteiger charge is -2.33. The van der Waals surface area contributed by atoms with Gasteiger partial charge in [-0.15, -0.1) is 0 Å². The average molecular weight is 268 g/mol. The number of hydrogen-bond donors (Lipinski definition) is 0. The molecule has 0 aromatic rings. The summed E-state index contributed by atoms with van der Waals surface area (Å²) in [5.74, 6) is 0. The van der Waals surface area contributed by atoms with Crippen molar-refractivity contribution in [1.82, 2.24) is 9.80 Å². The first-order valence-electron chi connectivity index (χ1n) is 4.62. The Hall–Kier alpha value is 0.430. The summed E-state index contributed by atoms with van der Waals surface area (Å²) >= 11 is 8.93. The molecular formula is C9H16BrClN2. The quantitative estimate of drug-likeness (QED) is 0.716. The van der Waals surface area contributed by atoms with Gasteiger partial charge in [0.05, 0.1) is 0 Å². The van der Waals surface area contributed by atoms with E-state index in [0.717, 1.165) is 25.0 Å². The molecule has 0 bridgehead atoms. The second-order valence-electron chi connectivity index (χ2n) is 3.19. The molecule has 0 aromatic heterocycles. The maximum absolute atomic E-state index is 5.48. The van der Waals surface area contributed by atoms with Crippen LogP contribution in [0.3, 0.4) is 0 Å². The number of hydrogen-bond acceptors (Lipinski definition) is 2. The van der Waals surface area contributed by atoms with Crippen molar-refractivity contribution < 1.29 is 0 Å². The molecule has 1 aliphatic heterocycles. The highest BCUT2D eigenvalue weighted by molar-refractivity contribution is 9.09. The first kappa shape index (κ1) is 11.5. The van der Waals surface area contributed by atoms with E-state index in [-0.39, 0.29) is 0 Å². The Labute approximate surface area is 93.7 Å². The smallest absolute Gasteiger partial charge is 0.0175 e. The lowest BCUT2D eigenvalue weighted by atomic mass is 10.3. The fourth-order valence-corrected chi connectivity index (χ4v) is 2.09. The Balaban J connectivity index is 2.14. The van der Waals surface area contributed by atoms with Crippen LogP contribution < -0.4 is 0 Å². The first-order chi connectivity index (χ1) is 6.36. The lowest BCUT2D eigenvalue weighted by Crippen LogP contribution is -2.46. The van der Waals surface area contributed by atoms with E-state index in [1.807, 2.05) is 6.08 Å². The zero-order chi connectivity index (χ0) is 9.52. The van der Waals surface area contributed by atoms with Crippen LogP contribution in [0.15, 0.2) is 11.6 Å². The monoisotopic (exact) mass is 266 g/mol. The van der Waals surface area contributed by atoms with Gasteiger partial charge < -0.3 is 0 Å². The molecule has 1 saturated heterocycles. The van der Waals surface area contributed by atoms with E-state index < -0.39 is 0 Å². The molecule has 0 aliphatic carbocycles. The second kappa shape index (κ2) is 6.82. The van der Waals surface area contributed by atoms with Gasteiger partial charge in [-0.25, -0.2) is 0 Å². The van der Waals surface area contributed by atoms with Crippen LogP contribution in [0, 0.1) is 0 Å². The predicted octanol–water partition coefficient (Wildman–Crippen LogP) is 1.75. The van der Waals surface area contributed by atoms with E-state index in [0.29, 0.717) is 0 Å². The van der Waals surface area contributed by atoms with Gasteiger partial charge in [-0.3, -0.25) is 9.80 Å². The summed E-state index contributed by atoms with van der Waals surface area (Å²) in [6.45, 7) is 6.84. The summed E-state index contributed by atoms with van der Waals surface area (Å²) in [6.07, 6.45) is 2.00. The van der Waals surface area contributed by atoms with Crippen molar-refractivity contribution in [1.29, 1.82) is 0 Å². The third-order valence-electron chi connectivity index (χ3n) is 2.32. The fraction of sp³-hybridized carbons (Fsp3) is 0.778. The van der Waals surface area contributed by atoms with Crippen LogP contribution in [0.1, 0.15) is 0 Å². The molecule has 0 amide bonds. The van der Waals surface area contributed by atoms with Gasteiger partial charge in [0.25, 0.3) is 0 Å². The van der Waals surface area contributed by atoms with Crippen LogP contribution in [0.4, 0.5) is 0 Å². The molecule has 0 saturated carbocycles. The van der Waals surface area contributed by atoms with Crippen LogP contribution in [-0.4, -0.2) is 54.4 Å². The summed E-state index contributed by atoms with van der Waals surface area (Å²) in [4.78, 5) is 4.90. The van der Waals surface area contributed by atoms with Gasteiger partial charge in [0.15, 0.2) is 0 Å². The summed E-state index contributed by atoms with van der Waals surface area (Å²) in [5, 5.41) is 1.08. The Morgan fingerprint density at radius 1 is 1.15 bits per heavy atom. The molecule has 0 N–H and O–H groups in total. The van der Waals surface area contributed by atoms with Gasteiger partial charge in [-0.1, -0.05) is 33.6 Å². The molecule has 0 unspecified atom stereocenters. The Kier molecular flexibility index (Phi) is 6.04. The lowest BCUT2D eigenvalue weighted by molar-refractivity contribution is 0.149. The van der Waals surface area contributed by atoms with E-state index in [1.54, 1.807) is 5.54 Å². The van der Waals surface area contributed by atoms with Crippen molar-refractivity contribution in [3.63, 3.8) is 0 Å². The molecule has 0 aromatic carbocycles. The molecule has 13 heavy (non-hydrogen) atoms. The van der Waals surface area contributed by atoms with Gasteiger partial charge in [0, 0.05) is 50.1 Å². The van der Waals surface area contributed by atoms with Crippen molar-refractivity contribution in [2.75, 3.05) is 44.6 Å². The maximum Gasteiger partial charge on any atom is 0.0175 e. The SMILES string of the molecule is Cl/C=C/CN1CCN(CCBr)CC1. The van der Waals surface area contributed by atoms with E-state index in [1.165, 1.54) is 19.6 Å². The maximum atomic E-state index is 5.48. The largest absolute Gasteiger partial charge is 0.300 e. The molecule has 76 valence electrons. The van der Waals surface area contributed by atoms with Crippen molar-refractivity contribution >= 4 is 27.5 Å². The summed E-state index contributed by atoms with van der Waals surface area (Å²) in [7, 11) is 0. The van der Waals surface area contributed by atoms with Crippen LogP contribution >= 0.6 is 27.5 Å². The molecule has 4 heteroatoms. The van der Waals surface area contributed by atoms with E-state index in [2.05, 4.69) is 25.7 Å². The molecule has 0 spiro atoms. The van der Waals surface area contributed by atoms with Crippen molar-refractivity contribution in [3.8, 4) is 0 Å². The van der Waals surface area contributed by atoms with Gasteiger partial charge >= 0.3 is 0 Å². The molecule has 1 heterocycles. The highest BCUT2D eigenvalue weighted by atomic mass is 79.9. The molecule has 2 nitrogen and oxygen atoms in total. The molecule has 1 rings (SSSR count). The highest BCUT2D eigenvalue weighted by Crippen LogP contribution is 2.02. The zero-order valence-corrected chi connectivity index (χ0v) is 10.1. The number of piperazine rings is 1. The van der Waals surface area contributed by atoms with E-state index in [9.17, 15) is 0 Å². The third kappa shape index (κ3) is 4.45. The van der Waals surface area contributed by atoms with Gasteiger partial charge in [0.1, 0.15) is 0 Å². The number of nitrogens with zero attached hydrogens (tertiary/aromatic N) is 2. The van der Waals surface area contributed by atoms with Crippen LogP contribution in [-0.2, 0) is 0 Å². The Morgan fingerprint density at radius 3 is 2.31 bits per heavy atom. The van der Waals surface area contributed by atoms with E-state index in [4.69, 9.17) is 11.6 Å². The second-order valence-corrected chi connectivity index (χ2v) is 4.24.